The summed E-state index contributed by atoms with van der Waals surface area (Å²) in [6.07, 6.45) is 51.9. The zero-order valence-electron chi connectivity index (χ0n) is 31.1. The normalized spacial score (nSPS) is 11.4. The molecule has 262 valence electrons. The third kappa shape index (κ3) is 22.8. The van der Waals surface area contributed by atoms with E-state index < -0.39 is 0 Å². The summed E-state index contributed by atoms with van der Waals surface area (Å²) in [6.45, 7) is 6.90. The Hall–Kier alpha value is -1.70. The molecule has 0 unspecified atom stereocenters. The second-order valence-corrected chi connectivity index (χ2v) is 14.5. The molecule has 0 radical (unpaired) electrons. The fourth-order valence-electron chi connectivity index (χ4n) is 6.93. The molecule has 0 saturated carbocycles. The molecular formula is C44H78N2+2. The lowest BCUT2D eigenvalue weighted by atomic mass is 10.0. The second kappa shape index (κ2) is 30.6. The Labute approximate surface area is 288 Å². The average molecular weight is 635 g/mol. The van der Waals surface area contributed by atoms with E-state index in [1.165, 1.54) is 204 Å². The number of rotatable bonds is 33. The van der Waals surface area contributed by atoms with E-state index in [2.05, 4.69) is 72.0 Å². The van der Waals surface area contributed by atoms with Gasteiger partial charge in [0, 0.05) is 37.1 Å². The molecule has 0 N–H and O–H groups in total. The summed E-state index contributed by atoms with van der Waals surface area (Å²) in [5.74, 6) is 0. The van der Waals surface area contributed by atoms with Gasteiger partial charge in [-0.2, -0.15) is 0 Å². The fourth-order valence-corrected chi connectivity index (χ4v) is 6.93. The number of hydrogen-bond donors (Lipinski definition) is 0. The molecule has 0 saturated heterocycles. The van der Waals surface area contributed by atoms with Gasteiger partial charge in [-0.3, -0.25) is 0 Å². The molecule has 0 aliphatic heterocycles. The first kappa shape index (κ1) is 40.5. The van der Waals surface area contributed by atoms with Gasteiger partial charge in [-0.15, -0.1) is 0 Å². The van der Waals surface area contributed by atoms with E-state index in [4.69, 9.17) is 0 Å². The fraction of sp³-hybridized carbons (Fsp3) is 0.773. The van der Waals surface area contributed by atoms with Crippen molar-refractivity contribution in [2.75, 3.05) is 0 Å². The molecule has 0 atom stereocenters. The van der Waals surface area contributed by atoms with Gasteiger partial charge in [0.1, 0.15) is 13.1 Å². The minimum atomic E-state index is 1.15. The summed E-state index contributed by atoms with van der Waals surface area (Å²) in [7, 11) is 0. The minimum Gasteiger partial charge on any atom is -0.205 e. The molecule has 2 nitrogen and oxygen atoms in total. The van der Waals surface area contributed by atoms with Gasteiger partial charge >= 0.3 is 0 Å². The molecule has 2 rings (SSSR count). The lowest BCUT2D eigenvalue weighted by Crippen LogP contribution is -2.33. The highest BCUT2D eigenvalue weighted by Gasteiger charge is 2.06. The molecule has 0 bridgehead atoms. The van der Waals surface area contributed by atoms with E-state index in [-0.39, 0.29) is 0 Å². The molecule has 0 aliphatic carbocycles. The first-order chi connectivity index (χ1) is 22.8. The van der Waals surface area contributed by atoms with Gasteiger partial charge in [0.05, 0.1) is 0 Å². The molecule has 0 aliphatic rings. The number of aromatic nitrogens is 2. The van der Waals surface area contributed by atoms with E-state index in [1.807, 2.05) is 0 Å². The molecule has 0 spiro atoms. The van der Waals surface area contributed by atoms with Gasteiger partial charge in [-0.25, -0.2) is 9.13 Å². The Morgan fingerprint density at radius 1 is 0.283 bits per heavy atom. The molecular weight excluding hydrogens is 556 g/mol. The molecule has 46 heavy (non-hydrogen) atoms. The quantitative estimate of drug-likeness (QED) is 0.0545. The van der Waals surface area contributed by atoms with Crippen molar-refractivity contribution in [3.05, 3.63) is 49.1 Å². The first-order valence-corrected chi connectivity index (χ1v) is 20.8. The summed E-state index contributed by atoms with van der Waals surface area (Å²) < 4.78 is 4.73. The third-order valence-corrected chi connectivity index (χ3v) is 10.2. The van der Waals surface area contributed by atoms with Gasteiger partial charge in [0.25, 0.3) is 0 Å². The number of unbranched alkanes of at least 4 members (excludes halogenated alkanes) is 28. The van der Waals surface area contributed by atoms with Crippen molar-refractivity contribution in [2.24, 2.45) is 0 Å². The zero-order valence-corrected chi connectivity index (χ0v) is 31.1. The van der Waals surface area contributed by atoms with Crippen LogP contribution in [0.1, 0.15) is 206 Å². The molecule has 2 heterocycles. The van der Waals surface area contributed by atoms with Crippen molar-refractivity contribution in [1.29, 1.82) is 0 Å². The minimum absolute atomic E-state index is 1.15. The molecule has 0 fully saturated rings. The van der Waals surface area contributed by atoms with Crippen molar-refractivity contribution >= 4 is 0 Å². The average Bonchev–Trinajstić information content (AvgIpc) is 3.09. The predicted molar refractivity (Wildman–Crippen MR) is 202 cm³/mol. The first-order valence-electron chi connectivity index (χ1n) is 20.8. The van der Waals surface area contributed by atoms with Crippen LogP contribution in [0.5, 0.6) is 0 Å². The van der Waals surface area contributed by atoms with E-state index in [9.17, 15) is 0 Å². The van der Waals surface area contributed by atoms with Crippen LogP contribution in [0.3, 0.4) is 0 Å². The van der Waals surface area contributed by atoms with Crippen LogP contribution in [0.25, 0.3) is 11.1 Å². The molecule has 0 aromatic carbocycles. The van der Waals surface area contributed by atoms with Crippen LogP contribution in [-0.2, 0) is 13.1 Å². The maximum atomic E-state index is 2.37. The molecule has 2 aromatic rings. The summed E-state index contributed by atoms with van der Waals surface area (Å²) in [5, 5.41) is 0. The Balaban J connectivity index is 1.41. The monoisotopic (exact) mass is 635 g/mol. The highest BCUT2D eigenvalue weighted by Crippen LogP contribution is 2.17. The summed E-state index contributed by atoms with van der Waals surface area (Å²) in [4.78, 5) is 0. The maximum absolute atomic E-state index is 2.37. The van der Waals surface area contributed by atoms with Crippen molar-refractivity contribution in [2.45, 2.75) is 220 Å². The second-order valence-electron chi connectivity index (χ2n) is 14.5. The number of aryl methyl sites for hydroxylation is 2. The van der Waals surface area contributed by atoms with Gasteiger partial charge in [-0.05, 0) is 24.0 Å². The van der Waals surface area contributed by atoms with Crippen LogP contribution >= 0.6 is 0 Å². The van der Waals surface area contributed by atoms with Gasteiger partial charge in [-0.1, -0.05) is 181 Å². The van der Waals surface area contributed by atoms with Crippen molar-refractivity contribution in [3.8, 4) is 11.1 Å². The summed E-state index contributed by atoms with van der Waals surface area (Å²) >= 11 is 0. The Kier molecular flexibility index (Phi) is 26.9. The highest BCUT2D eigenvalue weighted by atomic mass is 14.9. The van der Waals surface area contributed by atoms with Crippen LogP contribution in [0.15, 0.2) is 49.1 Å². The Morgan fingerprint density at radius 2 is 0.478 bits per heavy atom. The van der Waals surface area contributed by atoms with Crippen LogP contribution < -0.4 is 9.13 Å². The molecule has 2 heteroatoms. The van der Waals surface area contributed by atoms with Gasteiger partial charge in [0.15, 0.2) is 24.8 Å². The largest absolute Gasteiger partial charge is 0.205 e. The van der Waals surface area contributed by atoms with E-state index in [0.717, 1.165) is 13.1 Å². The Bertz CT molecular complexity index is 812. The highest BCUT2D eigenvalue weighted by molar-refractivity contribution is 5.60. The van der Waals surface area contributed by atoms with Crippen molar-refractivity contribution in [3.63, 3.8) is 0 Å². The van der Waals surface area contributed by atoms with Crippen LogP contribution in [0.2, 0.25) is 0 Å². The van der Waals surface area contributed by atoms with Crippen molar-refractivity contribution < 1.29 is 9.13 Å². The standard InChI is InChI=1S/C44H78N2/c1-3-5-7-9-11-13-15-17-19-21-23-25-27-29-31-37-45-39-33-43(34-40-45)44-35-41-46(42-36-44)38-32-30-28-26-24-22-20-18-16-14-12-10-8-6-4-2/h33-36,39-42H,3-32,37-38H2,1-2H3/q+2. The summed E-state index contributed by atoms with van der Waals surface area (Å²) in [6, 6.07) is 9.16. The van der Waals surface area contributed by atoms with Crippen LogP contribution in [0, 0.1) is 0 Å². The lowest BCUT2D eigenvalue weighted by Gasteiger charge is -2.04. The van der Waals surface area contributed by atoms with E-state index >= 15 is 0 Å². The third-order valence-electron chi connectivity index (χ3n) is 10.2. The summed E-state index contributed by atoms with van der Waals surface area (Å²) in [5.41, 5.74) is 2.65. The van der Waals surface area contributed by atoms with Crippen LogP contribution in [0.4, 0.5) is 0 Å². The zero-order chi connectivity index (χ0) is 32.6. The maximum Gasteiger partial charge on any atom is 0.169 e. The molecule has 2 aromatic heterocycles. The predicted octanol–water partition coefficient (Wildman–Crippen LogP) is 13.7. The van der Waals surface area contributed by atoms with Crippen molar-refractivity contribution in [1.82, 2.24) is 0 Å². The van der Waals surface area contributed by atoms with E-state index in [0.29, 0.717) is 0 Å². The number of nitrogens with zero attached hydrogens (tertiary/aromatic N) is 2. The van der Waals surface area contributed by atoms with Crippen LogP contribution in [-0.4, -0.2) is 0 Å². The number of pyridine rings is 2. The van der Waals surface area contributed by atoms with Gasteiger partial charge < -0.3 is 0 Å². The topological polar surface area (TPSA) is 7.76 Å². The SMILES string of the molecule is CCCCCCCCCCCCCCCCC[n+]1ccc(-c2cc[n+](CCCCCCCCCCCCCCCCC)cc2)cc1. The number of hydrogen-bond acceptors (Lipinski definition) is 0. The Morgan fingerprint density at radius 3 is 0.696 bits per heavy atom. The smallest absolute Gasteiger partial charge is 0.169 e. The van der Waals surface area contributed by atoms with Gasteiger partial charge in [0.2, 0.25) is 0 Å². The lowest BCUT2D eigenvalue weighted by molar-refractivity contribution is -0.697. The molecule has 0 amide bonds. The van der Waals surface area contributed by atoms with E-state index in [1.54, 1.807) is 0 Å².